The molecule has 2 N–H and O–H groups in total. The Morgan fingerprint density at radius 1 is 1.17 bits per heavy atom. The van der Waals surface area contributed by atoms with Gasteiger partial charge in [0, 0.05) is 0 Å². The van der Waals surface area contributed by atoms with Gasteiger partial charge in [0.2, 0.25) is 0 Å². The fourth-order valence-corrected chi connectivity index (χ4v) is 2.22. The second-order valence-corrected chi connectivity index (χ2v) is 5.08. The van der Waals surface area contributed by atoms with E-state index in [1.807, 2.05) is 24.3 Å². The SMILES string of the molecule is O=C(Cn1cnc2ccccc21)NN=Cc1ccc(C(=O)O)cc1. The average molecular weight is 322 g/mol. The molecule has 0 saturated heterocycles. The van der Waals surface area contributed by atoms with Gasteiger partial charge >= 0.3 is 5.97 Å². The molecule has 120 valence electrons. The van der Waals surface area contributed by atoms with E-state index in [2.05, 4.69) is 15.5 Å². The lowest BCUT2D eigenvalue weighted by Gasteiger charge is -2.02. The third kappa shape index (κ3) is 3.46. The molecule has 7 nitrogen and oxygen atoms in total. The van der Waals surface area contributed by atoms with Crippen molar-refractivity contribution in [1.29, 1.82) is 0 Å². The third-order valence-corrected chi connectivity index (χ3v) is 3.40. The highest BCUT2D eigenvalue weighted by Crippen LogP contribution is 2.11. The number of fused-ring (bicyclic) bond motifs is 1. The largest absolute Gasteiger partial charge is 0.478 e. The van der Waals surface area contributed by atoms with Crippen molar-refractivity contribution in [2.45, 2.75) is 6.54 Å². The molecule has 0 aliphatic heterocycles. The van der Waals surface area contributed by atoms with Crippen LogP contribution in [0.3, 0.4) is 0 Å². The number of carbonyl (C=O) groups is 2. The van der Waals surface area contributed by atoms with Crippen LogP contribution in [0.4, 0.5) is 0 Å². The number of aromatic carboxylic acids is 1. The maximum atomic E-state index is 11.9. The first kappa shape index (κ1) is 15.4. The van der Waals surface area contributed by atoms with Crippen molar-refractivity contribution < 1.29 is 14.7 Å². The fraction of sp³-hybridized carbons (Fsp3) is 0.0588. The lowest BCUT2D eigenvalue weighted by molar-refractivity contribution is -0.121. The van der Waals surface area contributed by atoms with Gasteiger partial charge in [-0.15, -0.1) is 0 Å². The lowest BCUT2D eigenvalue weighted by Crippen LogP contribution is -2.22. The first-order chi connectivity index (χ1) is 11.6. The molecule has 24 heavy (non-hydrogen) atoms. The zero-order valence-corrected chi connectivity index (χ0v) is 12.6. The van der Waals surface area contributed by atoms with Gasteiger partial charge in [0.1, 0.15) is 6.54 Å². The number of hydrogen-bond acceptors (Lipinski definition) is 4. The summed E-state index contributed by atoms with van der Waals surface area (Å²) in [4.78, 5) is 26.9. The van der Waals surface area contributed by atoms with Crippen molar-refractivity contribution >= 4 is 29.1 Å². The summed E-state index contributed by atoms with van der Waals surface area (Å²) in [5.41, 5.74) is 5.02. The second-order valence-electron chi connectivity index (χ2n) is 5.08. The zero-order chi connectivity index (χ0) is 16.9. The van der Waals surface area contributed by atoms with Crippen LogP contribution in [-0.4, -0.2) is 32.7 Å². The molecule has 0 saturated carbocycles. The number of benzene rings is 2. The van der Waals surface area contributed by atoms with E-state index >= 15 is 0 Å². The number of imidazole rings is 1. The summed E-state index contributed by atoms with van der Waals surface area (Å²) in [6.07, 6.45) is 3.06. The Morgan fingerprint density at radius 3 is 2.67 bits per heavy atom. The molecule has 1 aromatic heterocycles. The van der Waals surface area contributed by atoms with Gasteiger partial charge < -0.3 is 9.67 Å². The number of carbonyl (C=O) groups excluding carboxylic acids is 1. The number of carboxylic acid groups (broad SMARTS) is 1. The Hall–Kier alpha value is -3.48. The maximum absolute atomic E-state index is 11.9. The number of carboxylic acids is 1. The number of aromatic nitrogens is 2. The number of amides is 1. The Labute approximate surface area is 137 Å². The lowest BCUT2D eigenvalue weighted by atomic mass is 10.1. The van der Waals surface area contributed by atoms with Crippen LogP contribution in [0.15, 0.2) is 60.0 Å². The van der Waals surface area contributed by atoms with Crippen molar-refractivity contribution in [3.05, 3.63) is 66.0 Å². The smallest absolute Gasteiger partial charge is 0.335 e. The second kappa shape index (κ2) is 6.74. The number of hydrazone groups is 1. The van der Waals surface area contributed by atoms with Gasteiger partial charge in [0.15, 0.2) is 0 Å². The minimum absolute atomic E-state index is 0.107. The molecule has 1 amide bonds. The molecule has 0 fully saturated rings. The number of rotatable bonds is 5. The van der Waals surface area contributed by atoms with Gasteiger partial charge in [-0.1, -0.05) is 24.3 Å². The number of hydrogen-bond donors (Lipinski definition) is 2. The van der Waals surface area contributed by atoms with Crippen LogP contribution in [0, 0.1) is 0 Å². The first-order valence-corrected chi connectivity index (χ1v) is 7.18. The zero-order valence-electron chi connectivity index (χ0n) is 12.6. The number of para-hydroxylation sites is 2. The van der Waals surface area contributed by atoms with Gasteiger partial charge in [0.25, 0.3) is 5.91 Å². The van der Waals surface area contributed by atoms with Crippen molar-refractivity contribution in [2.24, 2.45) is 5.10 Å². The Balaban J connectivity index is 1.60. The van der Waals surface area contributed by atoms with E-state index in [0.29, 0.717) is 5.56 Å². The Bertz CT molecular complexity index is 913. The van der Waals surface area contributed by atoms with E-state index < -0.39 is 5.97 Å². The van der Waals surface area contributed by atoms with Crippen molar-refractivity contribution in [3.8, 4) is 0 Å². The molecular formula is C17H14N4O3. The quantitative estimate of drug-likeness (QED) is 0.554. The molecule has 3 aromatic rings. The number of nitrogens with one attached hydrogen (secondary N) is 1. The van der Waals surface area contributed by atoms with E-state index in [1.54, 1.807) is 23.0 Å². The summed E-state index contributed by atoms with van der Waals surface area (Å²) in [5.74, 6) is -1.27. The van der Waals surface area contributed by atoms with Gasteiger partial charge in [-0.25, -0.2) is 15.2 Å². The molecule has 3 rings (SSSR count). The van der Waals surface area contributed by atoms with Crippen LogP contribution in [-0.2, 0) is 11.3 Å². The van der Waals surface area contributed by atoms with Gasteiger partial charge in [-0.3, -0.25) is 4.79 Å². The van der Waals surface area contributed by atoms with Gasteiger partial charge in [-0.2, -0.15) is 5.10 Å². The molecule has 7 heteroatoms. The van der Waals surface area contributed by atoms with E-state index in [4.69, 9.17) is 5.11 Å². The van der Waals surface area contributed by atoms with E-state index in [1.165, 1.54) is 18.3 Å². The highest BCUT2D eigenvalue weighted by molar-refractivity contribution is 5.89. The summed E-state index contributed by atoms with van der Waals surface area (Å²) in [6, 6.07) is 13.7. The minimum Gasteiger partial charge on any atom is -0.478 e. The summed E-state index contributed by atoms with van der Waals surface area (Å²) < 4.78 is 1.74. The topological polar surface area (TPSA) is 96.6 Å². The standard InChI is InChI=1S/C17H14N4O3/c22-16(10-21-11-18-14-3-1-2-4-15(14)21)20-19-9-12-5-7-13(8-6-12)17(23)24/h1-9,11H,10H2,(H,20,22)(H,23,24). The maximum Gasteiger partial charge on any atom is 0.335 e. The highest BCUT2D eigenvalue weighted by Gasteiger charge is 2.06. The molecule has 0 aliphatic rings. The Morgan fingerprint density at radius 2 is 1.92 bits per heavy atom. The molecule has 2 aromatic carbocycles. The molecule has 0 aliphatic carbocycles. The molecule has 0 bridgehead atoms. The van der Waals surface area contributed by atoms with Crippen LogP contribution in [0.2, 0.25) is 0 Å². The molecule has 0 atom stereocenters. The molecule has 0 spiro atoms. The highest BCUT2D eigenvalue weighted by atomic mass is 16.4. The van der Waals surface area contributed by atoms with Gasteiger partial charge in [-0.05, 0) is 29.8 Å². The van der Waals surface area contributed by atoms with E-state index in [-0.39, 0.29) is 18.0 Å². The first-order valence-electron chi connectivity index (χ1n) is 7.18. The molecular weight excluding hydrogens is 308 g/mol. The van der Waals surface area contributed by atoms with Crippen LogP contribution in [0.1, 0.15) is 15.9 Å². The summed E-state index contributed by atoms with van der Waals surface area (Å²) in [6.45, 7) is 0.107. The molecule has 1 heterocycles. The van der Waals surface area contributed by atoms with Crippen LogP contribution in [0.5, 0.6) is 0 Å². The van der Waals surface area contributed by atoms with Crippen molar-refractivity contribution in [1.82, 2.24) is 15.0 Å². The fourth-order valence-electron chi connectivity index (χ4n) is 2.22. The molecule has 0 unspecified atom stereocenters. The van der Waals surface area contributed by atoms with Crippen LogP contribution >= 0.6 is 0 Å². The average Bonchev–Trinajstić information content (AvgIpc) is 2.98. The van der Waals surface area contributed by atoms with Crippen LogP contribution in [0.25, 0.3) is 11.0 Å². The van der Waals surface area contributed by atoms with Gasteiger partial charge in [0.05, 0.1) is 29.1 Å². The van der Waals surface area contributed by atoms with E-state index in [0.717, 1.165) is 11.0 Å². The van der Waals surface area contributed by atoms with Crippen molar-refractivity contribution in [3.63, 3.8) is 0 Å². The Kier molecular flexibility index (Phi) is 4.33. The van der Waals surface area contributed by atoms with Crippen molar-refractivity contribution in [2.75, 3.05) is 0 Å². The minimum atomic E-state index is -0.987. The monoisotopic (exact) mass is 322 g/mol. The predicted molar refractivity (Wildman–Crippen MR) is 88.9 cm³/mol. The summed E-state index contributed by atoms with van der Waals surface area (Å²) in [7, 11) is 0. The molecule has 0 radical (unpaired) electrons. The van der Waals surface area contributed by atoms with Crippen LogP contribution < -0.4 is 5.43 Å². The predicted octanol–water partition coefficient (Wildman–Crippen LogP) is 1.88. The number of nitrogens with zero attached hydrogens (tertiary/aromatic N) is 3. The van der Waals surface area contributed by atoms with E-state index in [9.17, 15) is 9.59 Å². The summed E-state index contributed by atoms with van der Waals surface area (Å²) in [5, 5.41) is 12.7. The normalized spacial score (nSPS) is 11.0. The third-order valence-electron chi connectivity index (χ3n) is 3.40. The summed E-state index contributed by atoms with van der Waals surface area (Å²) >= 11 is 0.